The summed E-state index contributed by atoms with van der Waals surface area (Å²) in [5.41, 5.74) is 1.59. The molecule has 1 unspecified atom stereocenters. The number of carbonyl (C=O) groups is 1. The number of carbonyl (C=O) groups excluding carboxylic acids is 1. The van der Waals surface area contributed by atoms with E-state index in [2.05, 4.69) is 16.8 Å². The van der Waals surface area contributed by atoms with E-state index in [0.29, 0.717) is 42.7 Å². The van der Waals surface area contributed by atoms with Crippen LogP contribution in [-0.4, -0.2) is 51.2 Å². The summed E-state index contributed by atoms with van der Waals surface area (Å²) >= 11 is 7.73. The molecule has 0 aliphatic carbocycles. The van der Waals surface area contributed by atoms with E-state index < -0.39 is 16.1 Å². The van der Waals surface area contributed by atoms with Gasteiger partial charge in [0.25, 0.3) is 10.0 Å². The number of aryl methyl sites for hydroxylation is 1. The molecule has 2 aromatic carbocycles. The van der Waals surface area contributed by atoms with Crippen LogP contribution in [0.2, 0.25) is 5.02 Å². The van der Waals surface area contributed by atoms with Crippen molar-refractivity contribution in [1.29, 1.82) is 0 Å². The zero-order valence-corrected chi connectivity index (χ0v) is 22.8. The van der Waals surface area contributed by atoms with Crippen molar-refractivity contribution in [1.82, 2.24) is 10.2 Å². The fourth-order valence-corrected chi connectivity index (χ4v) is 7.44. The van der Waals surface area contributed by atoms with Crippen LogP contribution in [-0.2, 0) is 27.7 Å². The van der Waals surface area contributed by atoms with Crippen LogP contribution >= 0.6 is 22.9 Å². The molecule has 0 bridgehead atoms. The van der Waals surface area contributed by atoms with Crippen LogP contribution in [0.25, 0.3) is 0 Å². The van der Waals surface area contributed by atoms with Gasteiger partial charge in [0.2, 0.25) is 0 Å². The monoisotopic (exact) mass is 559 g/mol. The number of ether oxygens (including phenoxy) is 1. The Morgan fingerprint density at radius 2 is 1.78 bits per heavy atom. The standard InChI is InChI=1S/C27H30ClN3O4S2/c28-21-8-11-25(12-9-21)37(33,34)31-23(10-7-20-4-1-2-6-26(20)31)19-35-27(32)30-15-13-22(14-16-30)29-18-24-5-3-17-36-24/h1-6,8-9,11-12,17,22-23,29H,7,10,13-16,18-19H2. The number of likely N-dealkylation sites (tertiary alicyclic amines) is 1. The summed E-state index contributed by atoms with van der Waals surface area (Å²) < 4.78 is 34.6. The molecular weight excluding hydrogens is 530 g/mol. The lowest BCUT2D eigenvalue weighted by atomic mass is 9.98. The third kappa shape index (κ3) is 5.95. The summed E-state index contributed by atoms with van der Waals surface area (Å²) in [7, 11) is -3.88. The fourth-order valence-electron chi connectivity index (χ4n) is 4.95. The molecule has 196 valence electrons. The second kappa shape index (κ2) is 11.4. The first kappa shape index (κ1) is 26.0. The van der Waals surface area contributed by atoms with Crippen molar-refractivity contribution in [3.8, 4) is 0 Å². The quantitative estimate of drug-likeness (QED) is 0.425. The molecule has 5 rings (SSSR count). The summed E-state index contributed by atoms with van der Waals surface area (Å²) in [6, 6.07) is 17.7. The minimum absolute atomic E-state index is 0.00343. The van der Waals surface area contributed by atoms with Gasteiger partial charge in [-0.1, -0.05) is 35.9 Å². The molecule has 0 spiro atoms. The Morgan fingerprint density at radius 3 is 2.51 bits per heavy atom. The molecule has 1 atom stereocenters. The SMILES string of the molecule is O=C(OCC1CCc2ccccc2N1S(=O)(=O)c1ccc(Cl)cc1)N1CCC(NCc2cccs2)CC1. The highest BCUT2D eigenvalue weighted by Crippen LogP contribution is 2.35. The Balaban J connectivity index is 1.23. The largest absolute Gasteiger partial charge is 0.447 e. The average Bonchev–Trinajstić information content (AvgIpc) is 3.44. The molecule has 3 aromatic rings. The van der Waals surface area contributed by atoms with Gasteiger partial charge < -0.3 is 15.0 Å². The van der Waals surface area contributed by atoms with Gasteiger partial charge in [0, 0.05) is 35.6 Å². The number of thiophene rings is 1. The molecule has 10 heteroatoms. The number of piperidine rings is 1. The smallest absolute Gasteiger partial charge is 0.409 e. The molecule has 0 radical (unpaired) electrons. The van der Waals surface area contributed by atoms with E-state index in [1.165, 1.54) is 21.3 Å². The molecule has 7 nitrogen and oxygen atoms in total. The number of amides is 1. The highest BCUT2D eigenvalue weighted by atomic mass is 35.5. The molecule has 1 saturated heterocycles. The Morgan fingerprint density at radius 1 is 1.03 bits per heavy atom. The zero-order chi connectivity index (χ0) is 25.8. The summed E-state index contributed by atoms with van der Waals surface area (Å²) in [6.45, 7) is 2.06. The number of benzene rings is 2. The first-order valence-electron chi connectivity index (χ1n) is 12.5. The molecular formula is C27H30ClN3O4S2. The second-order valence-corrected chi connectivity index (χ2v) is 12.7. The number of rotatable bonds is 7. The number of nitrogens with zero attached hydrogens (tertiary/aromatic N) is 2. The van der Waals surface area contributed by atoms with Gasteiger partial charge in [0.15, 0.2) is 0 Å². The topological polar surface area (TPSA) is 79.0 Å². The average molecular weight is 560 g/mol. The first-order chi connectivity index (χ1) is 17.9. The Bertz CT molecular complexity index is 1310. The first-order valence-corrected chi connectivity index (χ1v) is 15.2. The molecule has 37 heavy (non-hydrogen) atoms. The normalized spacial score (nSPS) is 18.5. The molecule has 3 heterocycles. The highest BCUT2D eigenvalue weighted by molar-refractivity contribution is 7.92. The summed E-state index contributed by atoms with van der Waals surface area (Å²) in [6.07, 6.45) is 2.60. The van der Waals surface area contributed by atoms with E-state index in [1.807, 2.05) is 30.3 Å². The van der Waals surface area contributed by atoms with E-state index in [-0.39, 0.29) is 17.6 Å². The van der Waals surface area contributed by atoms with Crippen LogP contribution in [0.4, 0.5) is 10.5 Å². The second-order valence-electron chi connectivity index (χ2n) is 9.37. The van der Waals surface area contributed by atoms with Gasteiger partial charge in [0.05, 0.1) is 16.6 Å². The van der Waals surface area contributed by atoms with E-state index in [4.69, 9.17) is 16.3 Å². The van der Waals surface area contributed by atoms with Gasteiger partial charge in [-0.05, 0) is 73.0 Å². The number of hydrogen-bond acceptors (Lipinski definition) is 6. The third-order valence-corrected chi connectivity index (χ3v) is 9.98. The van der Waals surface area contributed by atoms with Crippen molar-refractivity contribution in [2.24, 2.45) is 0 Å². The van der Waals surface area contributed by atoms with Crippen molar-refractivity contribution in [3.63, 3.8) is 0 Å². The van der Waals surface area contributed by atoms with Crippen LogP contribution < -0.4 is 9.62 Å². The van der Waals surface area contributed by atoms with Crippen LogP contribution in [0.5, 0.6) is 0 Å². The van der Waals surface area contributed by atoms with Crippen molar-refractivity contribution >= 4 is 44.7 Å². The van der Waals surface area contributed by atoms with E-state index in [0.717, 1.165) is 24.9 Å². The summed E-state index contributed by atoms with van der Waals surface area (Å²) in [5.74, 6) is 0. The predicted octanol–water partition coefficient (Wildman–Crippen LogP) is 5.30. The number of para-hydroxylation sites is 1. The van der Waals surface area contributed by atoms with Crippen molar-refractivity contribution in [2.45, 2.75) is 49.2 Å². The Hall–Kier alpha value is -2.59. The van der Waals surface area contributed by atoms with Gasteiger partial charge in [-0.3, -0.25) is 4.31 Å². The molecule has 1 fully saturated rings. The molecule has 1 amide bonds. The number of anilines is 1. The summed E-state index contributed by atoms with van der Waals surface area (Å²) in [4.78, 5) is 16.1. The van der Waals surface area contributed by atoms with Crippen LogP contribution in [0.1, 0.15) is 29.7 Å². The van der Waals surface area contributed by atoms with Gasteiger partial charge >= 0.3 is 6.09 Å². The Kier molecular flexibility index (Phi) is 8.04. The fraction of sp³-hybridized carbons (Fsp3) is 0.370. The molecule has 1 aromatic heterocycles. The van der Waals surface area contributed by atoms with E-state index in [1.54, 1.807) is 28.4 Å². The number of halogens is 1. The maximum absolute atomic E-state index is 13.7. The van der Waals surface area contributed by atoms with Crippen LogP contribution in [0, 0.1) is 0 Å². The van der Waals surface area contributed by atoms with Crippen molar-refractivity contribution < 1.29 is 17.9 Å². The van der Waals surface area contributed by atoms with E-state index >= 15 is 0 Å². The number of hydrogen-bond donors (Lipinski definition) is 1. The van der Waals surface area contributed by atoms with Crippen molar-refractivity contribution in [3.05, 3.63) is 81.5 Å². The number of fused-ring (bicyclic) bond motifs is 1. The lowest BCUT2D eigenvalue weighted by Gasteiger charge is -2.38. The molecule has 1 N–H and O–H groups in total. The van der Waals surface area contributed by atoms with Crippen LogP contribution in [0.15, 0.2) is 70.9 Å². The van der Waals surface area contributed by atoms with Gasteiger partial charge in [0.1, 0.15) is 6.61 Å². The highest BCUT2D eigenvalue weighted by Gasteiger charge is 2.37. The summed E-state index contributed by atoms with van der Waals surface area (Å²) in [5, 5.41) is 6.11. The van der Waals surface area contributed by atoms with Gasteiger partial charge in [-0.25, -0.2) is 13.2 Å². The Labute approximate surface area is 227 Å². The maximum Gasteiger partial charge on any atom is 0.409 e. The number of nitrogens with one attached hydrogen (secondary N) is 1. The minimum atomic E-state index is -3.88. The minimum Gasteiger partial charge on any atom is -0.447 e. The van der Waals surface area contributed by atoms with E-state index in [9.17, 15) is 13.2 Å². The van der Waals surface area contributed by atoms with Crippen LogP contribution in [0.3, 0.4) is 0 Å². The van der Waals surface area contributed by atoms with Gasteiger partial charge in [-0.2, -0.15) is 0 Å². The predicted molar refractivity (Wildman–Crippen MR) is 147 cm³/mol. The van der Waals surface area contributed by atoms with Gasteiger partial charge in [-0.15, -0.1) is 11.3 Å². The van der Waals surface area contributed by atoms with Crippen molar-refractivity contribution in [2.75, 3.05) is 24.0 Å². The molecule has 2 aliphatic heterocycles. The lowest BCUT2D eigenvalue weighted by molar-refractivity contribution is 0.0853. The number of sulfonamides is 1. The molecule has 0 saturated carbocycles. The third-order valence-electron chi connectivity index (χ3n) is 6.98. The lowest BCUT2D eigenvalue weighted by Crippen LogP contribution is -2.48. The molecule has 2 aliphatic rings. The maximum atomic E-state index is 13.7. The zero-order valence-electron chi connectivity index (χ0n) is 20.4.